The topological polar surface area (TPSA) is 38.8 Å². The van der Waals surface area contributed by atoms with Crippen LogP contribution in [0.15, 0.2) is 30.4 Å². The van der Waals surface area contributed by atoms with Crippen molar-refractivity contribution in [1.29, 1.82) is 0 Å². The molecule has 0 aromatic heterocycles. The van der Waals surface area contributed by atoms with E-state index in [1.54, 1.807) is 14.2 Å². The van der Waals surface area contributed by atoms with Crippen molar-refractivity contribution >= 4 is 5.91 Å². The fourth-order valence-corrected chi connectivity index (χ4v) is 3.66. The summed E-state index contributed by atoms with van der Waals surface area (Å²) < 4.78 is 10.6. The van der Waals surface area contributed by atoms with E-state index < -0.39 is 0 Å². The minimum absolute atomic E-state index is 0.157. The fraction of sp³-hybridized carbons (Fsp3) is 0.500. The Kier molecular flexibility index (Phi) is 4.10. The summed E-state index contributed by atoms with van der Waals surface area (Å²) in [5, 5.41) is 0. The predicted molar refractivity (Wildman–Crippen MR) is 84.9 cm³/mol. The number of methoxy groups -OCH3 is 2. The van der Waals surface area contributed by atoms with Crippen molar-refractivity contribution in [3.63, 3.8) is 0 Å². The van der Waals surface area contributed by atoms with E-state index >= 15 is 0 Å². The van der Waals surface area contributed by atoms with Crippen LogP contribution in [0.1, 0.15) is 18.4 Å². The van der Waals surface area contributed by atoms with Gasteiger partial charge in [-0.3, -0.25) is 4.79 Å². The smallest absolute Gasteiger partial charge is 0.226 e. The molecule has 0 heterocycles. The number of nitrogens with zero attached hydrogens (tertiary/aromatic N) is 1. The number of hydrogen-bond donors (Lipinski definition) is 0. The summed E-state index contributed by atoms with van der Waals surface area (Å²) in [6.45, 7) is 0.559. The summed E-state index contributed by atoms with van der Waals surface area (Å²) in [5.41, 5.74) is 0.998. The van der Waals surface area contributed by atoms with Gasteiger partial charge in [-0.2, -0.15) is 0 Å². The average molecular weight is 301 g/mol. The Morgan fingerprint density at radius 3 is 2.64 bits per heavy atom. The molecule has 4 nitrogen and oxygen atoms in total. The molecule has 3 rings (SSSR count). The predicted octanol–water partition coefficient (Wildman–Crippen LogP) is 2.87. The Labute approximate surface area is 131 Å². The zero-order valence-electron chi connectivity index (χ0n) is 13.4. The molecular weight excluding hydrogens is 278 g/mol. The third-order valence-electron chi connectivity index (χ3n) is 4.87. The monoisotopic (exact) mass is 301 g/mol. The van der Waals surface area contributed by atoms with Gasteiger partial charge in [0.2, 0.25) is 5.91 Å². The maximum absolute atomic E-state index is 12.7. The standard InChI is InChI=1S/C18H23NO3/c1-19(18(20)16-9-12-4-5-13(16)8-12)11-14-6-7-15(21-2)10-17(14)22-3/h4-7,10,12-13,16H,8-9,11H2,1-3H3. The molecule has 2 aliphatic rings. The highest BCUT2D eigenvalue weighted by molar-refractivity contribution is 5.80. The van der Waals surface area contributed by atoms with Gasteiger partial charge in [-0.25, -0.2) is 0 Å². The lowest BCUT2D eigenvalue weighted by Crippen LogP contribution is -2.34. The summed E-state index contributed by atoms with van der Waals surface area (Å²) >= 11 is 0. The first-order valence-electron chi connectivity index (χ1n) is 7.76. The van der Waals surface area contributed by atoms with Crippen LogP contribution in [0.2, 0.25) is 0 Å². The molecule has 0 N–H and O–H groups in total. The highest BCUT2D eigenvalue weighted by Crippen LogP contribution is 2.44. The number of hydrogen-bond acceptors (Lipinski definition) is 3. The van der Waals surface area contributed by atoms with Crippen molar-refractivity contribution in [2.75, 3.05) is 21.3 Å². The molecule has 1 aromatic carbocycles. The zero-order chi connectivity index (χ0) is 15.7. The fourth-order valence-electron chi connectivity index (χ4n) is 3.66. The van der Waals surface area contributed by atoms with E-state index in [0.29, 0.717) is 18.4 Å². The molecule has 118 valence electrons. The van der Waals surface area contributed by atoms with Gasteiger partial charge in [-0.05, 0) is 36.8 Å². The first-order valence-corrected chi connectivity index (χ1v) is 7.76. The molecule has 22 heavy (non-hydrogen) atoms. The third-order valence-corrected chi connectivity index (χ3v) is 4.87. The van der Waals surface area contributed by atoms with Crippen molar-refractivity contribution in [3.8, 4) is 11.5 Å². The van der Waals surface area contributed by atoms with E-state index in [4.69, 9.17) is 9.47 Å². The molecule has 2 bridgehead atoms. The molecule has 0 radical (unpaired) electrons. The van der Waals surface area contributed by atoms with Gasteiger partial charge in [0.05, 0.1) is 14.2 Å². The summed E-state index contributed by atoms with van der Waals surface area (Å²) in [4.78, 5) is 14.5. The first-order chi connectivity index (χ1) is 10.6. The molecule has 3 atom stereocenters. The van der Waals surface area contributed by atoms with Crippen LogP contribution < -0.4 is 9.47 Å². The normalized spacial score (nSPS) is 25.3. The van der Waals surface area contributed by atoms with Gasteiger partial charge >= 0.3 is 0 Å². The summed E-state index contributed by atoms with van der Waals surface area (Å²) in [6.07, 6.45) is 6.64. The zero-order valence-corrected chi connectivity index (χ0v) is 13.4. The Morgan fingerprint density at radius 2 is 2.05 bits per heavy atom. The number of amides is 1. The third kappa shape index (κ3) is 2.70. The van der Waals surface area contributed by atoms with E-state index in [0.717, 1.165) is 29.9 Å². The molecular formula is C18H23NO3. The van der Waals surface area contributed by atoms with Crippen LogP contribution in [0, 0.1) is 17.8 Å². The lowest BCUT2D eigenvalue weighted by Gasteiger charge is -2.25. The quantitative estimate of drug-likeness (QED) is 0.785. The van der Waals surface area contributed by atoms with Gasteiger partial charge in [-0.15, -0.1) is 0 Å². The molecule has 2 aliphatic carbocycles. The average Bonchev–Trinajstić information content (AvgIpc) is 3.17. The van der Waals surface area contributed by atoms with E-state index in [2.05, 4.69) is 12.2 Å². The van der Waals surface area contributed by atoms with Gasteiger partial charge in [-0.1, -0.05) is 12.2 Å². The molecule has 0 aliphatic heterocycles. The summed E-state index contributed by atoms with van der Waals surface area (Å²) in [7, 11) is 5.15. The second-order valence-electron chi connectivity index (χ2n) is 6.26. The molecule has 4 heteroatoms. The van der Waals surface area contributed by atoms with Gasteiger partial charge in [0.25, 0.3) is 0 Å². The van der Waals surface area contributed by atoms with Gasteiger partial charge < -0.3 is 14.4 Å². The van der Waals surface area contributed by atoms with Crippen molar-refractivity contribution in [3.05, 3.63) is 35.9 Å². The molecule has 0 spiro atoms. The Bertz CT molecular complexity index is 596. The summed E-state index contributed by atoms with van der Waals surface area (Å²) in [6, 6.07) is 5.71. The van der Waals surface area contributed by atoms with E-state index in [9.17, 15) is 4.79 Å². The number of benzene rings is 1. The van der Waals surface area contributed by atoms with Crippen LogP contribution >= 0.6 is 0 Å². The molecule has 1 fully saturated rings. The van der Waals surface area contributed by atoms with Crippen LogP contribution in [0.3, 0.4) is 0 Å². The van der Waals surface area contributed by atoms with Crippen LogP contribution in [0.4, 0.5) is 0 Å². The highest BCUT2D eigenvalue weighted by atomic mass is 16.5. The van der Waals surface area contributed by atoms with Crippen molar-refractivity contribution < 1.29 is 14.3 Å². The minimum Gasteiger partial charge on any atom is -0.497 e. The van der Waals surface area contributed by atoms with E-state index in [1.807, 2.05) is 30.1 Å². The summed E-state index contributed by atoms with van der Waals surface area (Å²) in [5.74, 6) is 2.97. The Hall–Kier alpha value is -1.97. The van der Waals surface area contributed by atoms with Crippen molar-refractivity contribution in [1.82, 2.24) is 4.90 Å². The maximum atomic E-state index is 12.7. The van der Waals surface area contributed by atoms with Crippen molar-refractivity contribution in [2.24, 2.45) is 17.8 Å². The number of allylic oxidation sites excluding steroid dienone is 2. The number of fused-ring (bicyclic) bond motifs is 2. The molecule has 3 unspecified atom stereocenters. The van der Waals surface area contributed by atoms with Crippen molar-refractivity contribution in [2.45, 2.75) is 19.4 Å². The molecule has 1 amide bonds. The Balaban J connectivity index is 1.70. The number of rotatable bonds is 5. The van der Waals surface area contributed by atoms with Crippen LogP contribution in [0.25, 0.3) is 0 Å². The first kappa shape index (κ1) is 14.9. The SMILES string of the molecule is COc1ccc(CN(C)C(=O)C2CC3C=CC2C3)c(OC)c1. The number of ether oxygens (including phenoxy) is 2. The number of carbonyl (C=O) groups is 1. The maximum Gasteiger partial charge on any atom is 0.226 e. The lowest BCUT2D eigenvalue weighted by molar-refractivity contribution is -0.135. The Morgan fingerprint density at radius 1 is 1.23 bits per heavy atom. The van der Waals surface area contributed by atoms with Crippen LogP contribution in [-0.2, 0) is 11.3 Å². The van der Waals surface area contributed by atoms with Crippen LogP contribution in [-0.4, -0.2) is 32.1 Å². The second kappa shape index (κ2) is 6.03. The molecule has 1 saturated carbocycles. The van der Waals surface area contributed by atoms with Crippen LogP contribution in [0.5, 0.6) is 11.5 Å². The molecule has 0 saturated heterocycles. The minimum atomic E-state index is 0.157. The largest absolute Gasteiger partial charge is 0.497 e. The second-order valence-corrected chi connectivity index (χ2v) is 6.26. The highest BCUT2D eigenvalue weighted by Gasteiger charge is 2.40. The van der Waals surface area contributed by atoms with Gasteiger partial charge in [0, 0.05) is 31.1 Å². The van der Waals surface area contributed by atoms with Gasteiger partial charge in [0.1, 0.15) is 11.5 Å². The lowest BCUT2D eigenvalue weighted by atomic mass is 9.92. The van der Waals surface area contributed by atoms with E-state index in [-0.39, 0.29) is 11.8 Å². The van der Waals surface area contributed by atoms with Gasteiger partial charge in [0.15, 0.2) is 0 Å². The van der Waals surface area contributed by atoms with E-state index in [1.165, 1.54) is 0 Å². The molecule has 1 aromatic rings. The number of carbonyl (C=O) groups excluding carboxylic acids is 1.